The number of nitrogens with zero attached hydrogens (tertiary/aromatic N) is 1. The Labute approximate surface area is 117 Å². The molecule has 0 heterocycles. The van der Waals surface area contributed by atoms with Crippen LogP contribution in [0.1, 0.15) is 36.5 Å². The number of amides is 1. The smallest absolute Gasteiger partial charge is 0.304 e. The molecule has 0 saturated heterocycles. The van der Waals surface area contributed by atoms with Crippen molar-refractivity contribution in [2.24, 2.45) is 11.8 Å². The molecule has 6 nitrogen and oxygen atoms in total. The van der Waals surface area contributed by atoms with E-state index in [9.17, 15) is 14.9 Å². The summed E-state index contributed by atoms with van der Waals surface area (Å²) in [6, 6.07) is 4.41. The highest BCUT2D eigenvalue weighted by molar-refractivity contribution is 6.00. The van der Waals surface area contributed by atoms with E-state index in [0.717, 1.165) is 6.42 Å². The standard InChI is InChI=1S/C14H19N3O3/c1-9-4-2-5-10(9)8-16-14(18)11-6-3-7-12(15)13(11)17(19)20/h3,6-7,9-10H,2,4-5,8,15H2,1H3,(H,16,18). The molecule has 0 aliphatic heterocycles. The van der Waals surface area contributed by atoms with Gasteiger partial charge in [0.15, 0.2) is 0 Å². The number of nitrogens with two attached hydrogens (primary N) is 1. The Morgan fingerprint density at radius 2 is 2.25 bits per heavy atom. The molecule has 1 aromatic carbocycles. The molecule has 3 N–H and O–H groups in total. The zero-order chi connectivity index (χ0) is 14.7. The van der Waals surface area contributed by atoms with Crippen LogP contribution in [0.3, 0.4) is 0 Å². The van der Waals surface area contributed by atoms with Gasteiger partial charge in [-0.15, -0.1) is 0 Å². The van der Waals surface area contributed by atoms with Crippen LogP contribution in [0.2, 0.25) is 0 Å². The molecular weight excluding hydrogens is 258 g/mol. The van der Waals surface area contributed by atoms with Crippen LogP contribution >= 0.6 is 0 Å². The molecule has 108 valence electrons. The molecule has 2 atom stereocenters. The van der Waals surface area contributed by atoms with Gasteiger partial charge in [0, 0.05) is 6.54 Å². The maximum absolute atomic E-state index is 12.1. The van der Waals surface area contributed by atoms with Gasteiger partial charge in [0.1, 0.15) is 11.3 Å². The minimum absolute atomic E-state index is 0.0110. The average Bonchev–Trinajstić information content (AvgIpc) is 2.80. The maximum atomic E-state index is 12.1. The molecule has 1 aliphatic rings. The monoisotopic (exact) mass is 277 g/mol. The van der Waals surface area contributed by atoms with Crippen LogP contribution in [-0.4, -0.2) is 17.4 Å². The fourth-order valence-corrected chi connectivity index (χ4v) is 2.79. The topological polar surface area (TPSA) is 98.3 Å². The minimum atomic E-state index is -0.609. The molecule has 1 saturated carbocycles. The molecular formula is C14H19N3O3. The number of nitrogens with one attached hydrogen (secondary N) is 1. The number of hydrogen-bond donors (Lipinski definition) is 2. The Bertz CT molecular complexity index is 530. The first-order chi connectivity index (χ1) is 9.50. The quantitative estimate of drug-likeness (QED) is 0.501. The van der Waals surface area contributed by atoms with E-state index in [0.29, 0.717) is 18.4 Å². The van der Waals surface area contributed by atoms with Gasteiger partial charge in [-0.1, -0.05) is 25.8 Å². The molecule has 1 aliphatic carbocycles. The molecule has 2 unspecified atom stereocenters. The van der Waals surface area contributed by atoms with E-state index < -0.39 is 10.8 Å². The van der Waals surface area contributed by atoms with Gasteiger partial charge in [-0.25, -0.2) is 0 Å². The molecule has 1 amide bonds. The van der Waals surface area contributed by atoms with Crippen molar-refractivity contribution in [1.29, 1.82) is 0 Å². The number of hydrogen-bond acceptors (Lipinski definition) is 4. The number of para-hydroxylation sites is 1. The van der Waals surface area contributed by atoms with Crippen LogP contribution in [-0.2, 0) is 0 Å². The van der Waals surface area contributed by atoms with E-state index >= 15 is 0 Å². The first-order valence-electron chi connectivity index (χ1n) is 6.81. The largest absolute Gasteiger partial charge is 0.393 e. The van der Waals surface area contributed by atoms with Crippen molar-refractivity contribution in [3.8, 4) is 0 Å². The molecule has 0 radical (unpaired) electrons. The lowest BCUT2D eigenvalue weighted by Gasteiger charge is -2.16. The summed E-state index contributed by atoms with van der Waals surface area (Å²) in [4.78, 5) is 22.5. The zero-order valence-corrected chi connectivity index (χ0v) is 11.5. The van der Waals surface area contributed by atoms with E-state index in [1.54, 1.807) is 6.07 Å². The number of carbonyl (C=O) groups excluding carboxylic acids is 1. The van der Waals surface area contributed by atoms with Gasteiger partial charge in [0.2, 0.25) is 0 Å². The van der Waals surface area contributed by atoms with Gasteiger partial charge in [0.25, 0.3) is 5.91 Å². The molecule has 1 fully saturated rings. The Kier molecular flexibility index (Phi) is 4.22. The second kappa shape index (κ2) is 5.90. The van der Waals surface area contributed by atoms with Crippen LogP contribution in [0.5, 0.6) is 0 Å². The summed E-state index contributed by atoms with van der Waals surface area (Å²) >= 11 is 0. The van der Waals surface area contributed by atoms with Crippen LogP contribution < -0.4 is 11.1 Å². The molecule has 6 heteroatoms. The van der Waals surface area contributed by atoms with E-state index in [4.69, 9.17) is 5.73 Å². The van der Waals surface area contributed by atoms with Gasteiger partial charge in [-0.3, -0.25) is 14.9 Å². The summed E-state index contributed by atoms with van der Waals surface area (Å²) in [6.45, 7) is 2.73. The first kappa shape index (κ1) is 14.3. The highest BCUT2D eigenvalue weighted by Gasteiger charge is 2.26. The summed E-state index contributed by atoms with van der Waals surface area (Å²) in [5.74, 6) is 0.619. The summed E-state index contributed by atoms with van der Waals surface area (Å²) in [5.41, 5.74) is 5.30. The third kappa shape index (κ3) is 2.89. The van der Waals surface area contributed by atoms with E-state index in [2.05, 4.69) is 12.2 Å². The van der Waals surface area contributed by atoms with E-state index in [1.165, 1.54) is 25.0 Å². The Balaban J connectivity index is 2.09. The number of carbonyl (C=O) groups is 1. The van der Waals surface area contributed by atoms with Crippen molar-refractivity contribution in [3.63, 3.8) is 0 Å². The minimum Gasteiger partial charge on any atom is -0.393 e. The van der Waals surface area contributed by atoms with E-state index in [-0.39, 0.29) is 16.9 Å². The second-order valence-electron chi connectivity index (χ2n) is 5.38. The molecule has 0 spiro atoms. The van der Waals surface area contributed by atoms with Crippen molar-refractivity contribution < 1.29 is 9.72 Å². The van der Waals surface area contributed by atoms with Gasteiger partial charge >= 0.3 is 5.69 Å². The molecule has 0 aromatic heterocycles. The van der Waals surface area contributed by atoms with Crippen molar-refractivity contribution in [2.45, 2.75) is 26.2 Å². The summed E-state index contributed by atoms with van der Waals surface area (Å²) in [6.07, 6.45) is 3.46. The van der Waals surface area contributed by atoms with Gasteiger partial charge in [-0.2, -0.15) is 0 Å². The highest BCUT2D eigenvalue weighted by Crippen LogP contribution is 2.31. The van der Waals surface area contributed by atoms with Crippen LogP contribution in [0.25, 0.3) is 0 Å². The van der Waals surface area contributed by atoms with Gasteiger partial charge in [0.05, 0.1) is 4.92 Å². The fraction of sp³-hybridized carbons (Fsp3) is 0.500. The number of anilines is 1. The van der Waals surface area contributed by atoms with Crippen molar-refractivity contribution in [3.05, 3.63) is 33.9 Å². The third-order valence-corrected chi connectivity index (χ3v) is 4.06. The number of nitro groups is 1. The predicted octanol–water partition coefficient (Wildman–Crippen LogP) is 2.34. The molecule has 0 bridgehead atoms. The number of nitro benzene ring substituents is 1. The summed E-state index contributed by atoms with van der Waals surface area (Å²) in [7, 11) is 0. The number of nitrogen functional groups attached to an aromatic ring is 1. The molecule has 2 rings (SSSR count). The predicted molar refractivity (Wildman–Crippen MR) is 76.3 cm³/mol. The SMILES string of the molecule is CC1CCCC1CNC(=O)c1cccc(N)c1[N+](=O)[O-]. The fourth-order valence-electron chi connectivity index (χ4n) is 2.79. The second-order valence-corrected chi connectivity index (χ2v) is 5.38. The lowest BCUT2D eigenvalue weighted by atomic mass is 9.98. The van der Waals surface area contributed by atoms with Crippen molar-refractivity contribution in [2.75, 3.05) is 12.3 Å². The Morgan fingerprint density at radius 1 is 1.50 bits per heavy atom. The third-order valence-electron chi connectivity index (χ3n) is 4.06. The highest BCUT2D eigenvalue weighted by atomic mass is 16.6. The van der Waals surface area contributed by atoms with Gasteiger partial charge < -0.3 is 11.1 Å². The van der Waals surface area contributed by atoms with Crippen molar-refractivity contribution >= 4 is 17.3 Å². The lowest BCUT2D eigenvalue weighted by molar-refractivity contribution is -0.384. The summed E-state index contributed by atoms with van der Waals surface area (Å²) < 4.78 is 0. The van der Waals surface area contributed by atoms with Crippen molar-refractivity contribution in [1.82, 2.24) is 5.32 Å². The summed E-state index contributed by atoms with van der Waals surface area (Å²) in [5, 5.41) is 13.8. The van der Waals surface area contributed by atoms with E-state index in [1.807, 2.05) is 0 Å². The van der Waals surface area contributed by atoms with Gasteiger partial charge in [-0.05, 0) is 30.4 Å². The van der Waals surface area contributed by atoms with Crippen LogP contribution in [0.4, 0.5) is 11.4 Å². The van der Waals surface area contributed by atoms with Crippen LogP contribution in [0.15, 0.2) is 18.2 Å². The Morgan fingerprint density at radius 3 is 2.85 bits per heavy atom. The maximum Gasteiger partial charge on any atom is 0.304 e. The zero-order valence-electron chi connectivity index (χ0n) is 11.5. The normalized spacial score (nSPS) is 21.6. The average molecular weight is 277 g/mol. The Hall–Kier alpha value is -2.11. The number of benzene rings is 1. The molecule has 20 heavy (non-hydrogen) atoms. The molecule has 1 aromatic rings. The van der Waals surface area contributed by atoms with Crippen LogP contribution in [0, 0.1) is 22.0 Å². The first-order valence-corrected chi connectivity index (χ1v) is 6.81. The number of rotatable bonds is 4. The lowest BCUT2D eigenvalue weighted by Crippen LogP contribution is -2.30.